The van der Waals surface area contributed by atoms with Gasteiger partial charge in [0.15, 0.2) is 5.11 Å². The van der Waals surface area contributed by atoms with Gasteiger partial charge in [-0.2, -0.15) is 0 Å². The van der Waals surface area contributed by atoms with Gasteiger partial charge in [0.2, 0.25) is 0 Å². The lowest BCUT2D eigenvalue weighted by atomic mass is 10.1. The fraction of sp³-hybridized carbons (Fsp3) is 0.278. The highest BCUT2D eigenvalue weighted by Gasteiger charge is 2.08. The van der Waals surface area contributed by atoms with Crippen LogP contribution in [0.5, 0.6) is 5.75 Å². The minimum atomic E-state index is 0.121. The fourth-order valence-corrected chi connectivity index (χ4v) is 2.49. The molecule has 0 bridgehead atoms. The molecule has 2 aromatic carbocycles. The van der Waals surface area contributed by atoms with Crippen LogP contribution in [-0.4, -0.2) is 12.2 Å². The van der Waals surface area contributed by atoms with Gasteiger partial charge in [-0.05, 0) is 67.9 Å². The van der Waals surface area contributed by atoms with E-state index in [1.165, 1.54) is 11.1 Å². The van der Waals surface area contributed by atoms with Crippen molar-refractivity contribution in [3.8, 4) is 5.75 Å². The van der Waals surface area contributed by atoms with Crippen LogP contribution in [-0.2, 0) is 0 Å². The predicted molar refractivity (Wildman–Crippen MR) is 96.7 cm³/mol. The minimum Gasteiger partial charge on any atom is -0.497 e. The molecule has 22 heavy (non-hydrogen) atoms. The van der Waals surface area contributed by atoms with E-state index in [4.69, 9.17) is 17.0 Å². The predicted octanol–water partition coefficient (Wildman–Crippen LogP) is 4.36. The SMILES string of the molecule is COc1ccc(C(C)NC(=S)Nc2cc(C)ccc2C)cc1. The molecule has 0 amide bonds. The zero-order chi connectivity index (χ0) is 16.1. The van der Waals surface area contributed by atoms with Crippen molar-refractivity contribution in [2.45, 2.75) is 26.8 Å². The van der Waals surface area contributed by atoms with Crippen LogP contribution in [0, 0.1) is 13.8 Å². The van der Waals surface area contributed by atoms with Gasteiger partial charge in [0, 0.05) is 5.69 Å². The second-order valence-electron chi connectivity index (χ2n) is 5.41. The molecular formula is C18H22N2OS. The van der Waals surface area contributed by atoms with Crippen molar-refractivity contribution < 1.29 is 4.74 Å². The summed E-state index contributed by atoms with van der Waals surface area (Å²) in [4.78, 5) is 0. The number of hydrogen-bond donors (Lipinski definition) is 2. The number of anilines is 1. The van der Waals surface area contributed by atoms with Gasteiger partial charge in [-0.1, -0.05) is 24.3 Å². The van der Waals surface area contributed by atoms with E-state index in [-0.39, 0.29) is 6.04 Å². The maximum Gasteiger partial charge on any atom is 0.171 e. The molecule has 0 aliphatic heterocycles. The Hall–Kier alpha value is -2.07. The first-order valence-corrected chi connectivity index (χ1v) is 7.69. The smallest absolute Gasteiger partial charge is 0.171 e. The van der Waals surface area contributed by atoms with Gasteiger partial charge in [0.05, 0.1) is 13.2 Å². The molecule has 0 radical (unpaired) electrons. The van der Waals surface area contributed by atoms with Gasteiger partial charge in [-0.3, -0.25) is 0 Å². The molecule has 0 aliphatic rings. The number of hydrogen-bond acceptors (Lipinski definition) is 2. The fourth-order valence-electron chi connectivity index (χ4n) is 2.20. The van der Waals surface area contributed by atoms with Crippen molar-refractivity contribution in [3.63, 3.8) is 0 Å². The Labute approximate surface area is 137 Å². The van der Waals surface area contributed by atoms with Gasteiger partial charge in [0.1, 0.15) is 5.75 Å². The zero-order valence-corrected chi connectivity index (χ0v) is 14.3. The maximum atomic E-state index is 5.42. The van der Waals surface area contributed by atoms with Crippen LogP contribution >= 0.6 is 12.2 Å². The summed E-state index contributed by atoms with van der Waals surface area (Å²) >= 11 is 5.42. The van der Waals surface area contributed by atoms with Crippen LogP contribution in [0.2, 0.25) is 0 Å². The number of benzene rings is 2. The molecule has 2 aromatic rings. The molecule has 0 saturated carbocycles. The molecule has 0 fully saturated rings. The first-order chi connectivity index (χ1) is 10.5. The highest BCUT2D eigenvalue weighted by molar-refractivity contribution is 7.80. The molecule has 0 heterocycles. The number of ether oxygens (including phenoxy) is 1. The maximum absolute atomic E-state index is 5.42. The Morgan fingerprint density at radius 1 is 1.09 bits per heavy atom. The molecule has 116 valence electrons. The highest BCUT2D eigenvalue weighted by atomic mass is 32.1. The van der Waals surface area contributed by atoms with Crippen LogP contribution in [0.25, 0.3) is 0 Å². The van der Waals surface area contributed by atoms with Gasteiger partial charge in [-0.25, -0.2) is 0 Å². The largest absolute Gasteiger partial charge is 0.497 e. The molecule has 2 rings (SSSR count). The van der Waals surface area contributed by atoms with Crippen molar-refractivity contribution in [2.24, 2.45) is 0 Å². The van der Waals surface area contributed by atoms with Gasteiger partial charge in [0.25, 0.3) is 0 Å². The summed E-state index contributed by atoms with van der Waals surface area (Å²) in [5, 5.41) is 7.20. The highest BCUT2D eigenvalue weighted by Crippen LogP contribution is 2.19. The molecular weight excluding hydrogens is 292 g/mol. The normalized spacial score (nSPS) is 11.6. The van der Waals surface area contributed by atoms with Crippen LogP contribution in [0.3, 0.4) is 0 Å². The topological polar surface area (TPSA) is 33.3 Å². The Morgan fingerprint density at radius 3 is 2.41 bits per heavy atom. The second-order valence-corrected chi connectivity index (χ2v) is 5.82. The summed E-state index contributed by atoms with van der Waals surface area (Å²) < 4.78 is 5.17. The van der Waals surface area contributed by atoms with Crippen molar-refractivity contribution in [2.75, 3.05) is 12.4 Å². The first-order valence-electron chi connectivity index (χ1n) is 7.28. The van der Waals surface area contributed by atoms with Crippen LogP contribution in [0.4, 0.5) is 5.69 Å². The molecule has 0 spiro atoms. The van der Waals surface area contributed by atoms with Gasteiger partial charge < -0.3 is 15.4 Å². The Morgan fingerprint density at radius 2 is 1.77 bits per heavy atom. The third-order valence-electron chi connectivity index (χ3n) is 3.60. The third-order valence-corrected chi connectivity index (χ3v) is 3.82. The van der Waals surface area contributed by atoms with Crippen molar-refractivity contribution >= 4 is 23.0 Å². The Kier molecular flexibility index (Phi) is 5.39. The number of rotatable bonds is 4. The van der Waals surface area contributed by atoms with E-state index in [1.54, 1.807) is 7.11 Å². The van der Waals surface area contributed by atoms with Crippen molar-refractivity contribution in [1.82, 2.24) is 5.32 Å². The molecule has 0 aliphatic carbocycles. The first kappa shape index (κ1) is 16.3. The van der Waals surface area contributed by atoms with E-state index >= 15 is 0 Å². The lowest BCUT2D eigenvalue weighted by Gasteiger charge is -2.18. The lowest BCUT2D eigenvalue weighted by Crippen LogP contribution is -2.31. The second kappa shape index (κ2) is 7.27. The number of thiocarbonyl (C=S) groups is 1. The average Bonchev–Trinajstić information content (AvgIpc) is 2.51. The number of methoxy groups -OCH3 is 1. The number of nitrogens with one attached hydrogen (secondary N) is 2. The third kappa shape index (κ3) is 4.21. The zero-order valence-electron chi connectivity index (χ0n) is 13.4. The molecule has 2 N–H and O–H groups in total. The van der Waals surface area contributed by atoms with E-state index in [0.717, 1.165) is 17.0 Å². The van der Waals surface area contributed by atoms with E-state index in [1.807, 2.05) is 24.3 Å². The van der Waals surface area contributed by atoms with Gasteiger partial charge in [-0.15, -0.1) is 0 Å². The van der Waals surface area contributed by atoms with E-state index in [0.29, 0.717) is 5.11 Å². The summed E-state index contributed by atoms with van der Waals surface area (Å²) in [5.74, 6) is 0.854. The van der Waals surface area contributed by atoms with Crippen molar-refractivity contribution in [3.05, 3.63) is 59.2 Å². The Bertz CT molecular complexity index is 653. The molecule has 4 heteroatoms. The Balaban J connectivity index is 2.00. The molecule has 3 nitrogen and oxygen atoms in total. The minimum absolute atomic E-state index is 0.121. The summed E-state index contributed by atoms with van der Waals surface area (Å²) in [7, 11) is 1.67. The molecule has 0 saturated heterocycles. The van der Waals surface area contributed by atoms with Crippen molar-refractivity contribution in [1.29, 1.82) is 0 Å². The van der Waals surface area contributed by atoms with E-state index in [9.17, 15) is 0 Å². The standard InChI is InChI=1S/C18H22N2OS/c1-12-5-6-13(2)17(11-12)20-18(22)19-14(3)15-7-9-16(21-4)10-8-15/h5-11,14H,1-4H3,(H2,19,20,22). The van der Waals surface area contributed by atoms with Crippen LogP contribution in [0.15, 0.2) is 42.5 Å². The molecule has 1 unspecified atom stereocenters. The summed E-state index contributed by atoms with van der Waals surface area (Å²) in [6.07, 6.45) is 0. The van der Waals surface area contributed by atoms with E-state index < -0.39 is 0 Å². The average molecular weight is 314 g/mol. The lowest BCUT2D eigenvalue weighted by molar-refractivity contribution is 0.414. The van der Waals surface area contributed by atoms with Gasteiger partial charge >= 0.3 is 0 Å². The van der Waals surface area contributed by atoms with E-state index in [2.05, 4.69) is 49.6 Å². The van der Waals surface area contributed by atoms with Crippen LogP contribution in [0.1, 0.15) is 29.7 Å². The monoisotopic (exact) mass is 314 g/mol. The molecule has 0 aromatic heterocycles. The number of aryl methyl sites for hydroxylation is 2. The molecule has 1 atom stereocenters. The summed E-state index contributed by atoms with van der Waals surface area (Å²) in [6, 6.07) is 14.4. The quantitative estimate of drug-likeness (QED) is 0.822. The summed E-state index contributed by atoms with van der Waals surface area (Å²) in [6.45, 7) is 6.22. The van der Waals surface area contributed by atoms with Crippen LogP contribution < -0.4 is 15.4 Å². The summed E-state index contributed by atoms with van der Waals surface area (Å²) in [5.41, 5.74) is 4.58.